The molecule has 2 aromatic carbocycles. The maximum atomic E-state index is 13.0. The lowest BCUT2D eigenvalue weighted by atomic mass is 9.96. The molecule has 1 N–H and O–H groups in total. The van der Waals surface area contributed by atoms with E-state index in [1.165, 1.54) is 5.57 Å². The lowest BCUT2D eigenvalue weighted by Crippen LogP contribution is -2.41. The van der Waals surface area contributed by atoms with Crippen molar-refractivity contribution in [3.8, 4) is 16.9 Å². The maximum Gasteiger partial charge on any atom is 0.228 e. The van der Waals surface area contributed by atoms with Gasteiger partial charge in [0.15, 0.2) is 0 Å². The molecule has 4 nitrogen and oxygen atoms in total. The first-order valence-electron chi connectivity index (χ1n) is 9.99. The van der Waals surface area contributed by atoms with E-state index in [9.17, 15) is 4.79 Å². The molecule has 0 bridgehead atoms. The van der Waals surface area contributed by atoms with E-state index in [2.05, 4.69) is 30.1 Å². The summed E-state index contributed by atoms with van der Waals surface area (Å²) < 4.78 is 5.25. The van der Waals surface area contributed by atoms with E-state index in [4.69, 9.17) is 4.74 Å². The molecule has 3 rings (SSSR count). The van der Waals surface area contributed by atoms with Crippen molar-refractivity contribution in [3.05, 3.63) is 60.2 Å². The van der Waals surface area contributed by atoms with Crippen LogP contribution < -0.4 is 10.1 Å². The van der Waals surface area contributed by atoms with Crippen LogP contribution in [0.5, 0.6) is 5.75 Å². The summed E-state index contributed by atoms with van der Waals surface area (Å²) >= 11 is 0. The second kappa shape index (κ2) is 9.56. The minimum atomic E-state index is 0.0299. The molecule has 4 heteroatoms. The van der Waals surface area contributed by atoms with Gasteiger partial charge in [0.25, 0.3) is 0 Å². The minimum absolute atomic E-state index is 0.0299. The first kappa shape index (κ1) is 20.2. The summed E-state index contributed by atoms with van der Waals surface area (Å²) in [7, 11) is 1.66. The van der Waals surface area contributed by atoms with Gasteiger partial charge < -0.3 is 10.1 Å². The number of hydrogen-bond acceptors (Lipinski definition) is 3. The third-order valence-electron chi connectivity index (χ3n) is 5.43. The standard InChI is InChI=1S/C24H30N2O2/c1-4-18(2)16-26-15-7-8-20(17-26)24(27)25-23-10-6-5-9-22(23)19-11-13-21(28-3)14-12-19/h4-6,9-14,20H,7-8,15-17H2,1-3H3,(H,25,27)/b18-4+. The van der Waals surface area contributed by atoms with Gasteiger partial charge in [-0.25, -0.2) is 0 Å². The minimum Gasteiger partial charge on any atom is -0.497 e. The number of methoxy groups -OCH3 is 1. The molecule has 2 aromatic rings. The Kier molecular flexibility index (Phi) is 6.88. The molecule has 0 aromatic heterocycles. The van der Waals surface area contributed by atoms with Gasteiger partial charge in [0.2, 0.25) is 5.91 Å². The molecule has 148 valence electrons. The predicted molar refractivity (Wildman–Crippen MR) is 116 cm³/mol. The van der Waals surface area contributed by atoms with Crippen LogP contribution >= 0.6 is 0 Å². The van der Waals surface area contributed by atoms with Crippen LogP contribution in [-0.2, 0) is 4.79 Å². The van der Waals surface area contributed by atoms with Gasteiger partial charge in [0, 0.05) is 24.3 Å². The van der Waals surface area contributed by atoms with Crippen LogP contribution in [0.25, 0.3) is 11.1 Å². The Morgan fingerprint density at radius 2 is 1.96 bits per heavy atom. The number of piperidine rings is 1. The van der Waals surface area contributed by atoms with Crippen LogP contribution in [0.1, 0.15) is 26.7 Å². The lowest BCUT2D eigenvalue weighted by molar-refractivity contribution is -0.121. The van der Waals surface area contributed by atoms with E-state index in [1.807, 2.05) is 48.5 Å². The fourth-order valence-corrected chi connectivity index (χ4v) is 3.71. The highest BCUT2D eigenvalue weighted by Crippen LogP contribution is 2.30. The largest absolute Gasteiger partial charge is 0.497 e. The van der Waals surface area contributed by atoms with Gasteiger partial charge in [-0.3, -0.25) is 9.69 Å². The Bertz CT molecular complexity index is 827. The second-order valence-corrected chi connectivity index (χ2v) is 7.47. The number of amides is 1. The van der Waals surface area contributed by atoms with Crippen molar-refractivity contribution >= 4 is 11.6 Å². The number of carbonyl (C=O) groups is 1. The molecule has 0 radical (unpaired) electrons. The average Bonchev–Trinajstić information content (AvgIpc) is 2.74. The van der Waals surface area contributed by atoms with Crippen LogP contribution in [0.4, 0.5) is 5.69 Å². The highest BCUT2D eigenvalue weighted by Gasteiger charge is 2.26. The molecule has 1 heterocycles. The van der Waals surface area contributed by atoms with Crippen molar-refractivity contribution in [3.63, 3.8) is 0 Å². The Morgan fingerprint density at radius 1 is 1.21 bits per heavy atom. The molecular weight excluding hydrogens is 348 g/mol. The molecule has 1 unspecified atom stereocenters. The van der Waals surface area contributed by atoms with Gasteiger partial charge in [-0.15, -0.1) is 0 Å². The molecule has 1 aliphatic rings. The Hall–Kier alpha value is -2.59. The van der Waals surface area contributed by atoms with E-state index in [0.29, 0.717) is 0 Å². The molecule has 0 aliphatic carbocycles. The Morgan fingerprint density at radius 3 is 2.68 bits per heavy atom. The Labute approximate surface area is 168 Å². The third kappa shape index (κ3) is 5.02. The normalized spacial score (nSPS) is 18.0. The maximum absolute atomic E-state index is 13.0. The van der Waals surface area contributed by atoms with Crippen LogP contribution in [0.2, 0.25) is 0 Å². The monoisotopic (exact) mass is 378 g/mol. The summed E-state index contributed by atoms with van der Waals surface area (Å²) in [4.78, 5) is 15.4. The number of anilines is 1. The predicted octanol–water partition coefficient (Wildman–Crippen LogP) is 4.98. The zero-order valence-electron chi connectivity index (χ0n) is 17.1. The average molecular weight is 379 g/mol. The summed E-state index contributed by atoms with van der Waals surface area (Å²) in [5.74, 6) is 0.968. The molecule has 1 amide bonds. The first-order valence-corrected chi connectivity index (χ1v) is 9.99. The SMILES string of the molecule is C/C=C(\C)CN1CCCC(C(=O)Nc2ccccc2-c2ccc(OC)cc2)C1. The van der Waals surface area contributed by atoms with E-state index in [0.717, 1.165) is 55.0 Å². The first-order chi connectivity index (χ1) is 13.6. The topological polar surface area (TPSA) is 41.6 Å². The number of ether oxygens (including phenoxy) is 1. The van der Waals surface area contributed by atoms with E-state index in [1.54, 1.807) is 7.11 Å². The highest BCUT2D eigenvalue weighted by atomic mass is 16.5. The van der Waals surface area contributed by atoms with E-state index in [-0.39, 0.29) is 11.8 Å². The molecule has 0 spiro atoms. The number of likely N-dealkylation sites (tertiary alicyclic amines) is 1. The summed E-state index contributed by atoms with van der Waals surface area (Å²) in [6.07, 6.45) is 4.16. The van der Waals surface area contributed by atoms with Crippen molar-refractivity contribution in [1.29, 1.82) is 0 Å². The van der Waals surface area contributed by atoms with Gasteiger partial charge in [0.05, 0.1) is 13.0 Å². The fraction of sp³-hybridized carbons (Fsp3) is 0.375. The van der Waals surface area contributed by atoms with Gasteiger partial charge >= 0.3 is 0 Å². The molecule has 1 aliphatic heterocycles. The van der Waals surface area contributed by atoms with Crippen LogP contribution in [-0.4, -0.2) is 37.6 Å². The van der Waals surface area contributed by atoms with Gasteiger partial charge in [-0.2, -0.15) is 0 Å². The number of nitrogens with one attached hydrogen (secondary N) is 1. The van der Waals surface area contributed by atoms with Gasteiger partial charge in [0.1, 0.15) is 5.75 Å². The third-order valence-corrected chi connectivity index (χ3v) is 5.43. The quantitative estimate of drug-likeness (QED) is 0.721. The molecule has 1 saturated heterocycles. The number of carbonyl (C=O) groups excluding carboxylic acids is 1. The molecule has 1 fully saturated rings. The summed E-state index contributed by atoms with van der Waals surface area (Å²) in [5, 5.41) is 3.18. The number of benzene rings is 2. The number of rotatable bonds is 6. The molecular formula is C24H30N2O2. The zero-order valence-corrected chi connectivity index (χ0v) is 17.1. The van der Waals surface area contributed by atoms with Crippen molar-refractivity contribution in [2.24, 2.45) is 5.92 Å². The highest BCUT2D eigenvalue weighted by molar-refractivity contribution is 5.97. The second-order valence-electron chi connectivity index (χ2n) is 7.47. The molecule has 28 heavy (non-hydrogen) atoms. The zero-order chi connectivity index (χ0) is 19.9. The fourth-order valence-electron chi connectivity index (χ4n) is 3.71. The lowest BCUT2D eigenvalue weighted by Gasteiger charge is -2.32. The van der Waals surface area contributed by atoms with Crippen LogP contribution in [0.3, 0.4) is 0 Å². The van der Waals surface area contributed by atoms with Crippen molar-refractivity contribution in [2.75, 3.05) is 32.1 Å². The summed E-state index contributed by atoms with van der Waals surface area (Å²) in [6.45, 7) is 7.05. The van der Waals surface area contributed by atoms with E-state index >= 15 is 0 Å². The number of nitrogens with zero attached hydrogens (tertiary/aromatic N) is 1. The van der Waals surface area contributed by atoms with Gasteiger partial charge in [-0.1, -0.05) is 42.0 Å². The Balaban J connectivity index is 1.72. The summed E-state index contributed by atoms with van der Waals surface area (Å²) in [6, 6.07) is 15.9. The van der Waals surface area contributed by atoms with Crippen LogP contribution in [0.15, 0.2) is 60.2 Å². The van der Waals surface area contributed by atoms with Crippen LogP contribution in [0, 0.1) is 5.92 Å². The molecule has 1 atom stereocenters. The molecule has 0 saturated carbocycles. The van der Waals surface area contributed by atoms with Crippen molar-refractivity contribution < 1.29 is 9.53 Å². The van der Waals surface area contributed by atoms with Crippen molar-refractivity contribution in [1.82, 2.24) is 4.90 Å². The van der Waals surface area contributed by atoms with Crippen molar-refractivity contribution in [2.45, 2.75) is 26.7 Å². The van der Waals surface area contributed by atoms with Gasteiger partial charge in [-0.05, 0) is 57.0 Å². The number of para-hydroxylation sites is 1. The van der Waals surface area contributed by atoms with E-state index < -0.39 is 0 Å². The smallest absolute Gasteiger partial charge is 0.228 e. The number of hydrogen-bond donors (Lipinski definition) is 1. The number of allylic oxidation sites excluding steroid dienone is 1. The summed E-state index contributed by atoms with van der Waals surface area (Å²) in [5.41, 5.74) is 4.30.